The molecular formula is C23H21N5O3. The van der Waals surface area contributed by atoms with Gasteiger partial charge in [0.25, 0.3) is 0 Å². The second kappa shape index (κ2) is 7.81. The van der Waals surface area contributed by atoms with Gasteiger partial charge < -0.3 is 10.1 Å². The first-order valence-corrected chi connectivity index (χ1v) is 10.1. The Bertz CT molecular complexity index is 1300. The fourth-order valence-corrected chi connectivity index (χ4v) is 4.07. The highest BCUT2D eigenvalue weighted by molar-refractivity contribution is 5.89. The number of rotatable bonds is 4. The number of esters is 1. The van der Waals surface area contributed by atoms with Crippen molar-refractivity contribution in [2.75, 3.05) is 20.2 Å². The van der Waals surface area contributed by atoms with Crippen LogP contribution in [0.4, 0.5) is 0 Å². The van der Waals surface area contributed by atoms with Crippen LogP contribution in [0.2, 0.25) is 0 Å². The number of hydrogen-bond donors (Lipinski definition) is 1. The SMILES string of the molecule is COC(=O)c1ccc(-c2ccc(-n3c(=O)n([C@H]4CCNC4)c4ncccc43)cn2)cc1. The molecule has 1 aliphatic heterocycles. The summed E-state index contributed by atoms with van der Waals surface area (Å²) in [4.78, 5) is 34.0. The van der Waals surface area contributed by atoms with Crippen molar-refractivity contribution in [2.45, 2.75) is 12.5 Å². The Kier molecular flexibility index (Phi) is 4.83. The minimum Gasteiger partial charge on any atom is -0.465 e. The molecule has 0 bridgehead atoms. The van der Waals surface area contributed by atoms with Crippen molar-refractivity contribution < 1.29 is 9.53 Å². The van der Waals surface area contributed by atoms with Crippen molar-refractivity contribution in [3.63, 3.8) is 0 Å². The summed E-state index contributed by atoms with van der Waals surface area (Å²) in [6, 6.07) is 14.6. The molecule has 1 fully saturated rings. The lowest BCUT2D eigenvalue weighted by molar-refractivity contribution is 0.0601. The van der Waals surface area contributed by atoms with Gasteiger partial charge in [0.1, 0.15) is 0 Å². The predicted octanol–water partition coefficient (Wildman–Crippen LogP) is 2.57. The number of pyridine rings is 2. The molecule has 4 aromatic rings. The van der Waals surface area contributed by atoms with Crippen LogP contribution >= 0.6 is 0 Å². The highest BCUT2D eigenvalue weighted by Crippen LogP contribution is 2.23. The van der Waals surface area contributed by atoms with Crippen LogP contribution in [-0.4, -0.2) is 45.3 Å². The molecule has 31 heavy (non-hydrogen) atoms. The van der Waals surface area contributed by atoms with Crippen LogP contribution < -0.4 is 11.0 Å². The Morgan fingerprint density at radius 3 is 2.65 bits per heavy atom. The molecule has 0 amide bonds. The van der Waals surface area contributed by atoms with E-state index in [0.29, 0.717) is 16.9 Å². The Hall–Kier alpha value is -3.78. The minimum atomic E-state index is -0.378. The molecule has 0 radical (unpaired) electrons. The van der Waals surface area contributed by atoms with Gasteiger partial charge in [-0.25, -0.2) is 14.6 Å². The highest BCUT2D eigenvalue weighted by atomic mass is 16.5. The van der Waals surface area contributed by atoms with Gasteiger partial charge in [0.2, 0.25) is 0 Å². The van der Waals surface area contributed by atoms with Gasteiger partial charge in [-0.1, -0.05) is 12.1 Å². The second-order valence-electron chi connectivity index (χ2n) is 7.45. The molecule has 0 aliphatic carbocycles. The molecular weight excluding hydrogens is 394 g/mol. The van der Waals surface area contributed by atoms with E-state index in [-0.39, 0.29) is 17.7 Å². The molecule has 8 nitrogen and oxygen atoms in total. The predicted molar refractivity (Wildman–Crippen MR) is 116 cm³/mol. The number of hydrogen-bond acceptors (Lipinski definition) is 6. The van der Waals surface area contributed by atoms with Crippen LogP contribution in [0.3, 0.4) is 0 Å². The van der Waals surface area contributed by atoms with Crippen molar-refractivity contribution in [3.05, 3.63) is 77.0 Å². The summed E-state index contributed by atoms with van der Waals surface area (Å²) in [5.41, 5.74) is 4.11. The van der Waals surface area contributed by atoms with Crippen LogP contribution in [0, 0.1) is 0 Å². The second-order valence-corrected chi connectivity index (χ2v) is 7.45. The third kappa shape index (κ3) is 3.30. The van der Waals surface area contributed by atoms with E-state index in [9.17, 15) is 9.59 Å². The summed E-state index contributed by atoms with van der Waals surface area (Å²) < 4.78 is 8.18. The van der Waals surface area contributed by atoms with E-state index in [0.717, 1.165) is 36.3 Å². The maximum Gasteiger partial charge on any atom is 0.337 e. The normalized spacial score (nSPS) is 16.0. The maximum atomic E-state index is 13.3. The average Bonchev–Trinajstić information content (AvgIpc) is 3.44. The maximum absolute atomic E-state index is 13.3. The number of ether oxygens (including phenoxy) is 1. The monoisotopic (exact) mass is 415 g/mol. The van der Waals surface area contributed by atoms with Crippen molar-refractivity contribution in [1.82, 2.24) is 24.4 Å². The van der Waals surface area contributed by atoms with E-state index in [1.807, 2.05) is 36.4 Å². The standard InChI is InChI=1S/C23H21N5O3/c1-31-22(29)16-6-4-15(5-7-16)19-9-8-17(14-26-19)27-20-3-2-11-25-21(20)28(23(27)30)18-10-12-24-13-18/h2-9,11,14,18,24H,10,12-13H2,1H3/t18-/m0/s1. The van der Waals surface area contributed by atoms with Gasteiger partial charge in [0, 0.05) is 18.3 Å². The summed E-state index contributed by atoms with van der Waals surface area (Å²) in [5.74, 6) is -0.378. The Morgan fingerprint density at radius 1 is 1.13 bits per heavy atom. The van der Waals surface area contributed by atoms with Crippen LogP contribution in [0.15, 0.2) is 65.7 Å². The molecule has 156 valence electrons. The molecule has 5 rings (SSSR count). The number of carbonyl (C=O) groups excluding carboxylic acids is 1. The lowest BCUT2D eigenvalue weighted by Crippen LogP contribution is -2.28. The Balaban J connectivity index is 1.54. The summed E-state index contributed by atoms with van der Waals surface area (Å²) in [6.45, 7) is 1.65. The van der Waals surface area contributed by atoms with Crippen LogP contribution in [0.5, 0.6) is 0 Å². The Morgan fingerprint density at radius 2 is 1.97 bits per heavy atom. The first-order valence-electron chi connectivity index (χ1n) is 10.1. The minimum absolute atomic E-state index is 0.0895. The molecule has 4 heterocycles. The fraction of sp³-hybridized carbons (Fsp3) is 0.217. The third-order valence-corrected chi connectivity index (χ3v) is 5.64. The van der Waals surface area contributed by atoms with Crippen LogP contribution in [-0.2, 0) is 4.74 Å². The van der Waals surface area contributed by atoms with Gasteiger partial charge in [-0.05, 0) is 49.4 Å². The van der Waals surface area contributed by atoms with Crippen molar-refractivity contribution >= 4 is 17.1 Å². The largest absolute Gasteiger partial charge is 0.465 e. The van der Waals surface area contributed by atoms with E-state index in [4.69, 9.17) is 4.74 Å². The first kappa shape index (κ1) is 19.2. The lowest BCUT2D eigenvalue weighted by atomic mass is 10.1. The number of carbonyl (C=O) groups is 1. The molecule has 0 saturated carbocycles. The number of aromatic nitrogens is 4. The van der Waals surface area contributed by atoms with Gasteiger partial charge >= 0.3 is 11.7 Å². The summed E-state index contributed by atoms with van der Waals surface area (Å²) in [5, 5.41) is 3.31. The molecule has 1 atom stereocenters. The molecule has 0 unspecified atom stereocenters. The number of nitrogens with zero attached hydrogens (tertiary/aromatic N) is 4. The number of imidazole rings is 1. The smallest absolute Gasteiger partial charge is 0.337 e. The van der Waals surface area contributed by atoms with E-state index in [2.05, 4.69) is 15.3 Å². The number of methoxy groups -OCH3 is 1. The summed E-state index contributed by atoms with van der Waals surface area (Å²) in [7, 11) is 1.36. The van der Waals surface area contributed by atoms with Crippen LogP contribution in [0.25, 0.3) is 28.1 Å². The van der Waals surface area contributed by atoms with E-state index in [1.54, 1.807) is 33.7 Å². The molecule has 1 aliphatic rings. The topological polar surface area (TPSA) is 91.0 Å². The molecule has 8 heteroatoms. The zero-order chi connectivity index (χ0) is 21.4. The fourth-order valence-electron chi connectivity index (χ4n) is 4.07. The van der Waals surface area contributed by atoms with Crippen molar-refractivity contribution in [2.24, 2.45) is 0 Å². The lowest BCUT2D eigenvalue weighted by Gasteiger charge is -2.09. The summed E-state index contributed by atoms with van der Waals surface area (Å²) in [6.07, 6.45) is 4.30. The Labute approximate surface area is 178 Å². The number of benzene rings is 1. The van der Waals surface area contributed by atoms with E-state index >= 15 is 0 Å². The van der Waals surface area contributed by atoms with Crippen molar-refractivity contribution in [3.8, 4) is 16.9 Å². The van der Waals surface area contributed by atoms with Gasteiger partial charge in [-0.15, -0.1) is 0 Å². The number of nitrogens with one attached hydrogen (secondary N) is 1. The highest BCUT2D eigenvalue weighted by Gasteiger charge is 2.24. The first-order chi connectivity index (χ1) is 15.2. The molecule has 1 aromatic carbocycles. The van der Waals surface area contributed by atoms with Gasteiger partial charge in [-0.3, -0.25) is 14.1 Å². The van der Waals surface area contributed by atoms with E-state index < -0.39 is 0 Å². The summed E-state index contributed by atoms with van der Waals surface area (Å²) >= 11 is 0. The molecule has 3 aromatic heterocycles. The molecule has 1 saturated heterocycles. The zero-order valence-corrected chi connectivity index (χ0v) is 17.0. The average molecular weight is 415 g/mol. The zero-order valence-electron chi connectivity index (χ0n) is 17.0. The molecule has 1 N–H and O–H groups in total. The quantitative estimate of drug-likeness (QED) is 0.515. The number of fused-ring (bicyclic) bond motifs is 1. The third-order valence-electron chi connectivity index (χ3n) is 5.64. The van der Waals surface area contributed by atoms with E-state index in [1.165, 1.54) is 7.11 Å². The van der Waals surface area contributed by atoms with Crippen LogP contribution in [0.1, 0.15) is 22.8 Å². The van der Waals surface area contributed by atoms with Gasteiger partial charge in [0.15, 0.2) is 5.65 Å². The molecule has 0 spiro atoms. The van der Waals surface area contributed by atoms with Gasteiger partial charge in [-0.2, -0.15) is 0 Å². The van der Waals surface area contributed by atoms with Gasteiger partial charge in [0.05, 0.1) is 41.8 Å². The van der Waals surface area contributed by atoms with Crippen molar-refractivity contribution in [1.29, 1.82) is 0 Å².